The summed E-state index contributed by atoms with van der Waals surface area (Å²) in [5.41, 5.74) is -1.42. The van der Waals surface area contributed by atoms with E-state index in [4.69, 9.17) is 4.74 Å². The van der Waals surface area contributed by atoms with Crippen LogP contribution in [0.3, 0.4) is 0 Å². The predicted octanol–water partition coefficient (Wildman–Crippen LogP) is 7.49. The SMILES string of the molecule is CCC(C)=CCC1(C)C(CC=C(C)C)CC2(C)C(=O)C1(C(=O)C(C)CC)C(=O)C1=C2OC(C)(C)C=C1. The van der Waals surface area contributed by atoms with Crippen molar-refractivity contribution in [3.63, 3.8) is 0 Å². The van der Waals surface area contributed by atoms with Gasteiger partial charge in [-0.05, 0) is 91.7 Å². The Kier molecular flexibility index (Phi) is 7.54. The Bertz CT molecular complexity index is 1080. The highest BCUT2D eigenvalue weighted by Crippen LogP contribution is 2.67. The van der Waals surface area contributed by atoms with Gasteiger partial charge in [0, 0.05) is 11.3 Å². The summed E-state index contributed by atoms with van der Waals surface area (Å²) in [4.78, 5) is 43.9. The number of ether oxygens (including phenoxy) is 1. The molecule has 1 fully saturated rings. The summed E-state index contributed by atoms with van der Waals surface area (Å²) in [6.45, 7) is 20.0. The molecule has 3 rings (SSSR count). The number of hydrogen-bond donors (Lipinski definition) is 0. The molecule has 3 aliphatic rings. The van der Waals surface area contributed by atoms with Crippen molar-refractivity contribution in [2.24, 2.45) is 28.1 Å². The van der Waals surface area contributed by atoms with Gasteiger partial charge in [0.1, 0.15) is 11.4 Å². The van der Waals surface area contributed by atoms with Gasteiger partial charge in [0.15, 0.2) is 22.8 Å². The van der Waals surface area contributed by atoms with Crippen LogP contribution >= 0.6 is 0 Å². The molecule has 0 aromatic rings. The lowest BCUT2D eigenvalue weighted by molar-refractivity contribution is -0.180. The van der Waals surface area contributed by atoms with Crippen molar-refractivity contribution >= 4 is 17.3 Å². The largest absolute Gasteiger partial charge is 0.486 e. The van der Waals surface area contributed by atoms with E-state index in [1.807, 2.05) is 53.7 Å². The van der Waals surface area contributed by atoms with E-state index in [2.05, 4.69) is 39.8 Å². The maximum absolute atomic E-state index is 14.8. The number of hydrogen-bond acceptors (Lipinski definition) is 4. The number of Topliss-reactive ketones (excluding diaryl/α,β-unsaturated/α-hetero) is 3. The second kappa shape index (κ2) is 9.58. The second-order valence-electron chi connectivity index (χ2n) is 12.6. The highest BCUT2D eigenvalue weighted by atomic mass is 16.5. The van der Waals surface area contributed by atoms with Gasteiger partial charge in [0.05, 0.1) is 11.0 Å². The maximum Gasteiger partial charge on any atom is 0.187 e. The van der Waals surface area contributed by atoms with Gasteiger partial charge in [0.25, 0.3) is 0 Å². The van der Waals surface area contributed by atoms with E-state index >= 15 is 0 Å². The Labute approximate surface area is 218 Å². The smallest absolute Gasteiger partial charge is 0.187 e. The zero-order valence-electron chi connectivity index (χ0n) is 24.1. The molecule has 4 heteroatoms. The fourth-order valence-corrected chi connectivity index (χ4v) is 6.48. The highest BCUT2D eigenvalue weighted by Gasteiger charge is 2.75. The third-order valence-electron chi connectivity index (χ3n) is 9.27. The zero-order chi connectivity index (χ0) is 27.3. The first kappa shape index (κ1) is 28.3. The van der Waals surface area contributed by atoms with E-state index in [1.165, 1.54) is 11.1 Å². The molecular weight excluding hydrogens is 448 g/mol. The van der Waals surface area contributed by atoms with Gasteiger partial charge in [-0.15, -0.1) is 0 Å². The van der Waals surface area contributed by atoms with Crippen molar-refractivity contribution in [1.29, 1.82) is 0 Å². The van der Waals surface area contributed by atoms with Gasteiger partial charge < -0.3 is 4.74 Å². The molecule has 1 saturated carbocycles. The van der Waals surface area contributed by atoms with Crippen LogP contribution in [0.25, 0.3) is 0 Å². The van der Waals surface area contributed by atoms with Crippen molar-refractivity contribution in [2.45, 2.75) is 107 Å². The molecule has 1 aliphatic heterocycles. The quantitative estimate of drug-likeness (QED) is 0.259. The van der Waals surface area contributed by atoms with Crippen LogP contribution < -0.4 is 0 Å². The van der Waals surface area contributed by atoms with Crippen molar-refractivity contribution in [2.75, 3.05) is 0 Å². The van der Waals surface area contributed by atoms with E-state index in [0.29, 0.717) is 37.0 Å². The van der Waals surface area contributed by atoms with Gasteiger partial charge in [-0.1, -0.05) is 51.0 Å². The minimum absolute atomic E-state index is 0.0420. The topological polar surface area (TPSA) is 60.4 Å². The highest BCUT2D eigenvalue weighted by molar-refractivity contribution is 6.34. The van der Waals surface area contributed by atoms with E-state index < -0.39 is 27.8 Å². The molecule has 4 nitrogen and oxygen atoms in total. The summed E-state index contributed by atoms with van der Waals surface area (Å²) in [5.74, 6) is -0.811. The minimum atomic E-state index is -1.73. The molecular formula is C32H46O4. The Morgan fingerprint density at radius 3 is 2.31 bits per heavy atom. The molecule has 0 saturated heterocycles. The molecule has 36 heavy (non-hydrogen) atoms. The molecule has 0 N–H and O–H groups in total. The molecule has 2 bridgehead atoms. The second-order valence-corrected chi connectivity index (χ2v) is 12.6. The lowest BCUT2D eigenvalue weighted by atomic mass is 9.38. The van der Waals surface area contributed by atoms with Crippen molar-refractivity contribution in [1.82, 2.24) is 0 Å². The number of allylic oxidation sites excluding steroid dienone is 7. The first-order valence-electron chi connectivity index (χ1n) is 13.7. The van der Waals surface area contributed by atoms with E-state index in [1.54, 1.807) is 0 Å². The third kappa shape index (κ3) is 4.09. The Morgan fingerprint density at radius 2 is 1.75 bits per heavy atom. The molecule has 0 spiro atoms. The van der Waals surface area contributed by atoms with Crippen LogP contribution in [0.2, 0.25) is 0 Å². The van der Waals surface area contributed by atoms with Crippen LogP contribution in [0, 0.1) is 28.1 Å². The maximum atomic E-state index is 14.8. The lowest BCUT2D eigenvalue weighted by Gasteiger charge is -2.61. The standard InChI is InChI=1S/C32H46O4/c1-11-21(5)15-18-31(10)23(14-13-20(3)4)19-30(9)27-24(16-17-29(7,8)36-27)26(34)32(31,28(30)35)25(33)22(6)12-2/h13,15-17,22-23H,11-12,14,18-19H2,1-10H3. The summed E-state index contributed by atoms with van der Waals surface area (Å²) in [5, 5.41) is 0. The molecule has 1 heterocycles. The molecule has 5 unspecified atom stereocenters. The van der Waals surface area contributed by atoms with Gasteiger partial charge >= 0.3 is 0 Å². The Balaban J connectivity index is 2.42. The number of carbonyl (C=O) groups excluding carboxylic acids is 3. The summed E-state index contributed by atoms with van der Waals surface area (Å²) >= 11 is 0. The molecule has 0 radical (unpaired) electrons. The summed E-state index contributed by atoms with van der Waals surface area (Å²) in [7, 11) is 0. The third-order valence-corrected chi connectivity index (χ3v) is 9.27. The van der Waals surface area contributed by atoms with Gasteiger partial charge in [0.2, 0.25) is 0 Å². The minimum Gasteiger partial charge on any atom is -0.486 e. The zero-order valence-corrected chi connectivity index (χ0v) is 24.1. The van der Waals surface area contributed by atoms with Crippen LogP contribution in [0.4, 0.5) is 0 Å². The van der Waals surface area contributed by atoms with Gasteiger partial charge in [-0.3, -0.25) is 14.4 Å². The van der Waals surface area contributed by atoms with Crippen LogP contribution in [0.5, 0.6) is 0 Å². The van der Waals surface area contributed by atoms with Crippen LogP contribution in [-0.4, -0.2) is 23.0 Å². The van der Waals surface area contributed by atoms with Crippen molar-refractivity contribution in [3.8, 4) is 0 Å². The fourth-order valence-electron chi connectivity index (χ4n) is 6.48. The predicted molar refractivity (Wildman–Crippen MR) is 145 cm³/mol. The lowest BCUT2D eigenvalue weighted by Crippen LogP contribution is -2.71. The van der Waals surface area contributed by atoms with E-state index in [0.717, 1.165) is 6.42 Å². The van der Waals surface area contributed by atoms with Crippen LogP contribution in [0.15, 0.2) is 46.8 Å². The first-order valence-corrected chi connectivity index (χ1v) is 13.7. The van der Waals surface area contributed by atoms with E-state index in [9.17, 15) is 14.4 Å². The number of fused-ring (bicyclic) bond motifs is 3. The average molecular weight is 495 g/mol. The average Bonchev–Trinajstić information content (AvgIpc) is 2.82. The summed E-state index contributed by atoms with van der Waals surface area (Å²) < 4.78 is 6.39. The molecule has 0 aromatic heterocycles. The monoisotopic (exact) mass is 494 g/mol. The number of carbonyl (C=O) groups is 3. The molecule has 5 atom stereocenters. The molecule has 198 valence electrons. The van der Waals surface area contributed by atoms with Gasteiger partial charge in [-0.2, -0.15) is 0 Å². The summed E-state index contributed by atoms with van der Waals surface area (Å²) in [6, 6.07) is 0. The van der Waals surface area contributed by atoms with Crippen LogP contribution in [-0.2, 0) is 19.1 Å². The van der Waals surface area contributed by atoms with Crippen LogP contribution in [0.1, 0.15) is 101 Å². The normalized spacial score (nSPS) is 34.2. The molecule has 2 aliphatic carbocycles. The van der Waals surface area contributed by atoms with Gasteiger partial charge in [-0.25, -0.2) is 0 Å². The molecule has 0 aromatic carbocycles. The van der Waals surface area contributed by atoms with Crippen molar-refractivity contribution < 1.29 is 19.1 Å². The first-order chi connectivity index (χ1) is 16.6. The fraction of sp³-hybridized carbons (Fsp3) is 0.656. The summed E-state index contributed by atoms with van der Waals surface area (Å²) in [6.07, 6.45) is 11.3. The number of rotatable bonds is 8. The number of ketones is 3. The Morgan fingerprint density at radius 1 is 1.11 bits per heavy atom. The van der Waals surface area contributed by atoms with Crippen molar-refractivity contribution in [3.05, 3.63) is 46.8 Å². The molecule has 0 amide bonds. The van der Waals surface area contributed by atoms with E-state index in [-0.39, 0.29) is 23.3 Å². The Hall–Kier alpha value is -2.23.